The van der Waals surface area contributed by atoms with Crippen molar-refractivity contribution in [2.24, 2.45) is 0 Å². The molecule has 0 amide bonds. The fraction of sp³-hybridized carbons (Fsp3) is 1.00. The van der Waals surface area contributed by atoms with Gasteiger partial charge in [-0.25, -0.2) is 0 Å². The fourth-order valence-electron chi connectivity index (χ4n) is 3.19. The first kappa shape index (κ1) is 20.0. The Hall–Kier alpha value is -0.0800. The lowest BCUT2D eigenvalue weighted by Gasteiger charge is -2.03. The minimum absolute atomic E-state index is 0.370. The predicted octanol–water partition coefficient (Wildman–Crippen LogP) is 6.01. The van der Waals surface area contributed by atoms with Gasteiger partial charge in [0.05, 0.1) is 12.7 Å². The van der Waals surface area contributed by atoms with Gasteiger partial charge in [0.1, 0.15) is 0 Å². The summed E-state index contributed by atoms with van der Waals surface area (Å²) in [5.74, 6) is 0. The van der Waals surface area contributed by atoms with Gasteiger partial charge in [-0.3, -0.25) is 0 Å². The molecule has 1 saturated heterocycles. The molecular weight excluding hydrogens is 272 g/mol. The van der Waals surface area contributed by atoms with Crippen LogP contribution in [-0.2, 0) is 4.74 Å². The van der Waals surface area contributed by atoms with E-state index < -0.39 is 0 Å². The lowest BCUT2D eigenvalue weighted by atomic mass is 10.0. The summed E-state index contributed by atoms with van der Waals surface area (Å²) in [5, 5.41) is 8.70. The standard InChI is InChI=1S/C20H40O2/c21-18-16-14-12-10-8-6-4-2-1-3-5-7-9-11-13-15-17-20-19-22-20/h20-21H,1-19H2. The molecule has 0 radical (unpaired) electrons. The SMILES string of the molecule is OCCCCCCCCCCCCCCCCCCC1CO1. The van der Waals surface area contributed by atoms with Crippen LogP contribution in [0.25, 0.3) is 0 Å². The van der Waals surface area contributed by atoms with Gasteiger partial charge in [-0.05, 0) is 12.8 Å². The Morgan fingerprint density at radius 1 is 0.545 bits per heavy atom. The van der Waals surface area contributed by atoms with Crippen molar-refractivity contribution in [3.8, 4) is 0 Å². The number of ether oxygens (including phenoxy) is 1. The molecule has 0 bridgehead atoms. The molecule has 1 heterocycles. The monoisotopic (exact) mass is 312 g/mol. The molecule has 1 aliphatic heterocycles. The predicted molar refractivity (Wildman–Crippen MR) is 95.3 cm³/mol. The minimum atomic E-state index is 0.370. The maximum absolute atomic E-state index is 8.70. The van der Waals surface area contributed by atoms with E-state index in [9.17, 15) is 0 Å². The second kappa shape index (κ2) is 15.8. The summed E-state index contributed by atoms with van der Waals surface area (Å²) < 4.78 is 5.23. The Kier molecular flexibility index (Phi) is 14.3. The Morgan fingerprint density at radius 3 is 1.18 bits per heavy atom. The lowest BCUT2D eigenvalue weighted by Crippen LogP contribution is -1.86. The van der Waals surface area contributed by atoms with Crippen LogP contribution in [0, 0.1) is 0 Å². The largest absolute Gasteiger partial charge is 0.396 e. The molecule has 0 spiro atoms. The van der Waals surface area contributed by atoms with Gasteiger partial charge >= 0.3 is 0 Å². The summed E-state index contributed by atoms with van der Waals surface area (Å²) in [4.78, 5) is 0. The van der Waals surface area contributed by atoms with Gasteiger partial charge in [0.25, 0.3) is 0 Å². The maximum atomic E-state index is 8.70. The summed E-state index contributed by atoms with van der Waals surface area (Å²) in [5.41, 5.74) is 0. The van der Waals surface area contributed by atoms with Gasteiger partial charge < -0.3 is 9.84 Å². The highest BCUT2D eigenvalue weighted by Crippen LogP contribution is 2.18. The topological polar surface area (TPSA) is 32.8 Å². The molecule has 2 heteroatoms. The first-order valence-electron chi connectivity index (χ1n) is 10.2. The van der Waals surface area contributed by atoms with E-state index >= 15 is 0 Å². The van der Waals surface area contributed by atoms with Gasteiger partial charge in [-0.15, -0.1) is 0 Å². The van der Waals surface area contributed by atoms with E-state index in [4.69, 9.17) is 9.84 Å². The van der Waals surface area contributed by atoms with Crippen molar-refractivity contribution < 1.29 is 9.84 Å². The second-order valence-electron chi connectivity index (χ2n) is 7.12. The Morgan fingerprint density at radius 2 is 0.864 bits per heavy atom. The smallest absolute Gasteiger partial charge is 0.0810 e. The maximum Gasteiger partial charge on any atom is 0.0810 e. The average Bonchev–Trinajstić information content (AvgIpc) is 3.34. The van der Waals surface area contributed by atoms with E-state index in [1.807, 2.05) is 0 Å². The third-order valence-electron chi connectivity index (χ3n) is 4.84. The molecule has 1 atom stereocenters. The van der Waals surface area contributed by atoms with Crippen molar-refractivity contribution in [3.05, 3.63) is 0 Å². The third kappa shape index (κ3) is 14.8. The van der Waals surface area contributed by atoms with Crippen molar-refractivity contribution in [2.75, 3.05) is 13.2 Å². The number of unbranched alkanes of at least 4 members (excludes halogenated alkanes) is 15. The number of hydrogen-bond donors (Lipinski definition) is 1. The van der Waals surface area contributed by atoms with Gasteiger partial charge in [-0.1, -0.05) is 96.3 Å². The summed E-state index contributed by atoms with van der Waals surface area (Å²) in [7, 11) is 0. The molecule has 1 fully saturated rings. The Labute approximate surface area is 139 Å². The second-order valence-corrected chi connectivity index (χ2v) is 7.12. The van der Waals surface area contributed by atoms with Crippen molar-refractivity contribution in [3.63, 3.8) is 0 Å². The summed E-state index contributed by atoms with van der Waals surface area (Å²) >= 11 is 0. The van der Waals surface area contributed by atoms with Gasteiger partial charge in [-0.2, -0.15) is 0 Å². The zero-order valence-corrected chi connectivity index (χ0v) is 14.9. The van der Waals surface area contributed by atoms with Gasteiger partial charge in [0.15, 0.2) is 0 Å². The Bertz CT molecular complexity index is 214. The number of aliphatic hydroxyl groups excluding tert-OH is 1. The molecule has 1 N–H and O–H groups in total. The molecule has 0 aromatic rings. The van der Waals surface area contributed by atoms with E-state index in [2.05, 4.69) is 0 Å². The molecular formula is C20H40O2. The molecule has 0 saturated carbocycles. The van der Waals surface area contributed by atoms with Gasteiger partial charge in [0, 0.05) is 6.61 Å². The van der Waals surface area contributed by atoms with E-state index in [0.717, 1.165) is 13.0 Å². The molecule has 1 unspecified atom stereocenters. The van der Waals surface area contributed by atoms with Crippen LogP contribution in [0.5, 0.6) is 0 Å². The van der Waals surface area contributed by atoms with Crippen LogP contribution >= 0.6 is 0 Å². The first-order chi connectivity index (χ1) is 10.9. The van der Waals surface area contributed by atoms with Crippen LogP contribution in [-0.4, -0.2) is 24.4 Å². The molecule has 22 heavy (non-hydrogen) atoms. The van der Waals surface area contributed by atoms with Crippen LogP contribution in [0.4, 0.5) is 0 Å². The summed E-state index contributed by atoms with van der Waals surface area (Å²) in [6.07, 6.45) is 24.0. The van der Waals surface area contributed by atoms with Crippen molar-refractivity contribution >= 4 is 0 Å². The number of epoxide rings is 1. The molecule has 0 aromatic carbocycles. The zero-order valence-electron chi connectivity index (χ0n) is 14.9. The quantitative estimate of drug-likeness (QED) is 0.248. The van der Waals surface area contributed by atoms with Crippen LogP contribution in [0.15, 0.2) is 0 Å². The van der Waals surface area contributed by atoms with Crippen LogP contribution in [0.2, 0.25) is 0 Å². The lowest BCUT2D eigenvalue weighted by molar-refractivity contribution is 0.282. The van der Waals surface area contributed by atoms with Crippen LogP contribution < -0.4 is 0 Å². The number of aliphatic hydroxyl groups is 1. The third-order valence-corrected chi connectivity index (χ3v) is 4.84. The molecule has 1 aliphatic rings. The van der Waals surface area contributed by atoms with E-state index in [0.29, 0.717) is 12.7 Å². The van der Waals surface area contributed by atoms with Crippen LogP contribution in [0.1, 0.15) is 109 Å². The van der Waals surface area contributed by atoms with Gasteiger partial charge in [0.2, 0.25) is 0 Å². The first-order valence-corrected chi connectivity index (χ1v) is 10.2. The fourth-order valence-corrected chi connectivity index (χ4v) is 3.19. The summed E-state index contributed by atoms with van der Waals surface area (Å²) in [6, 6.07) is 0. The number of hydrogen-bond acceptors (Lipinski definition) is 2. The van der Waals surface area contributed by atoms with Crippen molar-refractivity contribution in [1.29, 1.82) is 0 Å². The average molecular weight is 313 g/mol. The highest BCUT2D eigenvalue weighted by atomic mass is 16.6. The van der Waals surface area contributed by atoms with Crippen molar-refractivity contribution in [1.82, 2.24) is 0 Å². The minimum Gasteiger partial charge on any atom is -0.396 e. The van der Waals surface area contributed by atoms with E-state index in [-0.39, 0.29) is 0 Å². The molecule has 132 valence electrons. The molecule has 0 aliphatic carbocycles. The van der Waals surface area contributed by atoms with E-state index in [1.54, 1.807) is 0 Å². The molecule has 1 rings (SSSR count). The normalized spacial score (nSPS) is 17.0. The van der Waals surface area contributed by atoms with Crippen molar-refractivity contribution in [2.45, 2.75) is 115 Å². The number of rotatable bonds is 18. The zero-order chi connectivity index (χ0) is 15.7. The summed E-state index contributed by atoms with van der Waals surface area (Å²) in [6.45, 7) is 1.40. The highest BCUT2D eigenvalue weighted by molar-refractivity contribution is 4.68. The highest BCUT2D eigenvalue weighted by Gasteiger charge is 2.20. The van der Waals surface area contributed by atoms with Crippen LogP contribution in [0.3, 0.4) is 0 Å². The molecule has 0 aromatic heterocycles. The van der Waals surface area contributed by atoms with E-state index in [1.165, 1.54) is 103 Å². The Balaban J connectivity index is 1.59. The molecule has 2 nitrogen and oxygen atoms in total.